The van der Waals surface area contributed by atoms with E-state index in [1.807, 2.05) is 19.1 Å². The van der Waals surface area contributed by atoms with Crippen molar-refractivity contribution < 1.29 is 27.2 Å². The van der Waals surface area contributed by atoms with Gasteiger partial charge < -0.3 is 9.36 Å². The Hall–Kier alpha value is -3.20. The van der Waals surface area contributed by atoms with Gasteiger partial charge in [0, 0.05) is 18.1 Å². The summed E-state index contributed by atoms with van der Waals surface area (Å²) in [4.78, 5) is 18.3. The summed E-state index contributed by atoms with van der Waals surface area (Å²) < 4.78 is 51.0. The molecule has 28 heavy (non-hydrogen) atoms. The zero-order chi connectivity index (χ0) is 20.6. The van der Waals surface area contributed by atoms with E-state index in [1.54, 1.807) is 10.8 Å². The molecule has 1 N–H and O–H groups in total. The quantitative estimate of drug-likeness (QED) is 0.298. The second kappa shape index (κ2) is 9.65. The molecule has 0 aliphatic rings. The molecule has 0 radical (unpaired) electrons. The zero-order valence-corrected chi connectivity index (χ0v) is 14.8. The molecular formula is C19H17F4N3O2. The van der Waals surface area contributed by atoms with Gasteiger partial charge >= 0.3 is 6.18 Å². The maximum Gasteiger partial charge on any atom is 0.417 e. The number of nitrogens with one attached hydrogen (secondary N) is 1. The number of pyridine rings is 1. The minimum absolute atomic E-state index is 0.0304. The van der Waals surface area contributed by atoms with Gasteiger partial charge in [-0.05, 0) is 55.5 Å². The predicted octanol–water partition coefficient (Wildman–Crippen LogP) is 4.57. The average Bonchev–Trinajstić information content (AvgIpc) is 3.09. The van der Waals surface area contributed by atoms with E-state index in [2.05, 4.69) is 15.3 Å². The van der Waals surface area contributed by atoms with E-state index in [9.17, 15) is 22.4 Å². The lowest BCUT2D eigenvalue weighted by molar-refractivity contribution is -0.137. The molecule has 0 unspecified atom stereocenters. The van der Waals surface area contributed by atoms with E-state index in [4.69, 9.17) is 0 Å². The standard InChI is InChI=1S/C11H9F3N2.C8H8FNO2/c1-8-3-2-6-16(8)10-5-4-9(7-15-10)11(12,13)14;9-7-1-3-8(4-2-7)10-12-6-5-11/h2-7H,1H3;1-5,10H,6H2. The molecule has 0 saturated heterocycles. The van der Waals surface area contributed by atoms with Crippen LogP contribution in [0.15, 0.2) is 60.9 Å². The largest absolute Gasteiger partial charge is 0.417 e. The van der Waals surface area contributed by atoms with Gasteiger partial charge in [0.25, 0.3) is 0 Å². The lowest BCUT2D eigenvalue weighted by Gasteiger charge is -2.08. The Balaban J connectivity index is 0.000000209. The van der Waals surface area contributed by atoms with Crippen molar-refractivity contribution in [3.8, 4) is 5.82 Å². The number of hydrogen-bond acceptors (Lipinski definition) is 4. The van der Waals surface area contributed by atoms with Crippen molar-refractivity contribution in [1.82, 2.24) is 9.55 Å². The van der Waals surface area contributed by atoms with Gasteiger partial charge in [0.15, 0.2) is 0 Å². The summed E-state index contributed by atoms with van der Waals surface area (Å²) in [5, 5.41) is 0. The summed E-state index contributed by atoms with van der Waals surface area (Å²) in [5.41, 5.74) is 3.27. The fourth-order valence-electron chi connectivity index (χ4n) is 2.10. The van der Waals surface area contributed by atoms with Crippen LogP contribution in [0.5, 0.6) is 0 Å². The first-order chi connectivity index (χ1) is 13.3. The molecule has 0 spiro atoms. The Morgan fingerprint density at radius 3 is 2.36 bits per heavy atom. The van der Waals surface area contributed by atoms with Crippen LogP contribution in [-0.2, 0) is 15.8 Å². The lowest BCUT2D eigenvalue weighted by Crippen LogP contribution is -2.06. The normalized spacial score (nSPS) is 10.8. The van der Waals surface area contributed by atoms with Crippen LogP contribution in [0.2, 0.25) is 0 Å². The molecule has 2 heterocycles. The fourth-order valence-corrected chi connectivity index (χ4v) is 2.10. The van der Waals surface area contributed by atoms with E-state index >= 15 is 0 Å². The van der Waals surface area contributed by atoms with Crippen molar-refractivity contribution in [2.24, 2.45) is 0 Å². The number of rotatable bonds is 5. The van der Waals surface area contributed by atoms with Crippen molar-refractivity contribution in [2.45, 2.75) is 13.1 Å². The number of anilines is 1. The molecule has 3 rings (SSSR count). The van der Waals surface area contributed by atoms with Gasteiger partial charge in [0.2, 0.25) is 0 Å². The third-order valence-corrected chi connectivity index (χ3v) is 3.46. The topological polar surface area (TPSA) is 56.2 Å². The fraction of sp³-hybridized carbons (Fsp3) is 0.158. The van der Waals surface area contributed by atoms with Crippen molar-refractivity contribution >= 4 is 12.0 Å². The van der Waals surface area contributed by atoms with E-state index in [1.165, 1.54) is 30.3 Å². The average molecular weight is 395 g/mol. The molecule has 2 aromatic heterocycles. The molecule has 5 nitrogen and oxygen atoms in total. The molecule has 0 fully saturated rings. The Bertz CT molecular complexity index is 875. The molecule has 0 bridgehead atoms. The van der Waals surface area contributed by atoms with Gasteiger partial charge in [-0.15, -0.1) is 0 Å². The number of nitrogens with zero attached hydrogens (tertiary/aromatic N) is 2. The molecule has 1 aromatic carbocycles. The number of aldehydes is 1. The van der Waals surface area contributed by atoms with Crippen molar-refractivity contribution in [3.63, 3.8) is 0 Å². The number of halogens is 4. The van der Waals surface area contributed by atoms with Gasteiger partial charge in [-0.25, -0.2) is 9.37 Å². The summed E-state index contributed by atoms with van der Waals surface area (Å²) in [6, 6.07) is 11.7. The predicted molar refractivity (Wildman–Crippen MR) is 95.3 cm³/mol. The number of carbonyl (C=O) groups is 1. The molecular weight excluding hydrogens is 378 g/mol. The van der Waals surface area contributed by atoms with Crippen LogP contribution in [0, 0.1) is 12.7 Å². The second-order valence-electron chi connectivity index (χ2n) is 5.51. The van der Waals surface area contributed by atoms with E-state index in [-0.39, 0.29) is 12.4 Å². The Morgan fingerprint density at radius 1 is 1.14 bits per heavy atom. The summed E-state index contributed by atoms with van der Waals surface area (Å²) in [6.45, 7) is 1.83. The highest BCUT2D eigenvalue weighted by Crippen LogP contribution is 2.28. The minimum Gasteiger partial charge on any atom is -0.306 e. The zero-order valence-electron chi connectivity index (χ0n) is 14.8. The van der Waals surface area contributed by atoms with E-state index in [0.717, 1.165) is 18.0 Å². The lowest BCUT2D eigenvalue weighted by atomic mass is 10.3. The van der Waals surface area contributed by atoms with Crippen molar-refractivity contribution in [1.29, 1.82) is 0 Å². The van der Waals surface area contributed by atoms with Gasteiger partial charge in [-0.3, -0.25) is 10.3 Å². The van der Waals surface area contributed by atoms with E-state index < -0.39 is 11.7 Å². The first kappa shape index (κ1) is 21.1. The Labute approximate surface area is 158 Å². The molecule has 0 aliphatic heterocycles. The Morgan fingerprint density at radius 2 is 1.86 bits per heavy atom. The van der Waals surface area contributed by atoms with Crippen LogP contribution in [0.4, 0.5) is 23.2 Å². The summed E-state index contributed by atoms with van der Waals surface area (Å²) in [5.74, 6) is 0.173. The van der Waals surface area contributed by atoms with Crippen LogP contribution in [0.3, 0.4) is 0 Å². The van der Waals surface area contributed by atoms with Crippen LogP contribution in [0.1, 0.15) is 11.3 Å². The molecule has 0 atom stereocenters. The maximum atomic E-state index is 12.4. The number of hydrogen-bond donors (Lipinski definition) is 1. The molecule has 0 saturated carbocycles. The molecule has 0 amide bonds. The summed E-state index contributed by atoms with van der Waals surface area (Å²) >= 11 is 0. The first-order valence-corrected chi connectivity index (χ1v) is 8.06. The molecule has 9 heteroatoms. The first-order valence-electron chi connectivity index (χ1n) is 8.06. The van der Waals surface area contributed by atoms with Gasteiger partial charge in [-0.2, -0.15) is 13.2 Å². The molecule has 148 valence electrons. The van der Waals surface area contributed by atoms with Gasteiger partial charge in [0.05, 0.1) is 11.3 Å². The van der Waals surface area contributed by atoms with Gasteiger partial charge in [-0.1, -0.05) is 0 Å². The summed E-state index contributed by atoms with van der Waals surface area (Å²) in [7, 11) is 0. The van der Waals surface area contributed by atoms with Crippen molar-refractivity contribution in [2.75, 3.05) is 12.1 Å². The maximum absolute atomic E-state index is 12.4. The van der Waals surface area contributed by atoms with Crippen LogP contribution in [-0.4, -0.2) is 22.4 Å². The number of aromatic nitrogens is 2. The highest BCUT2D eigenvalue weighted by atomic mass is 19.4. The van der Waals surface area contributed by atoms with Crippen LogP contribution < -0.4 is 5.48 Å². The van der Waals surface area contributed by atoms with Crippen LogP contribution >= 0.6 is 0 Å². The van der Waals surface area contributed by atoms with Gasteiger partial charge in [0.1, 0.15) is 24.5 Å². The van der Waals surface area contributed by atoms with E-state index in [0.29, 0.717) is 17.8 Å². The highest BCUT2D eigenvalue weighted by Gasteiger charge is 2.30. The monoisotopic (exact) mass is 395 g/mol. The number of aryl methyl sites for hydroxylation is 1. The number of carbonyl (C=O) groups excluding carboxylic acids is 1. The summed E-state index contributed by atoms with van der Waals surface area (Å²) in [6.07, 6.45) is -1.12. The minimum atomic E-state index is -4.34. The molecule has 0 aliphatic carbocycles. The number of alkyl halides is 3. The SMILES string of the molecule is Cc1cccn1-c1ccc(C(F)(F)F)cn1.O=CCONc1ccc(F)cc1. The molecule has 3 aromatic rings. The third kappa shape index (κ3) is 6.20. The Kier molecular flexibility index (Phi) is 7.28. The van der Waals surface area contributed by atoms with Crippen molar-refractivity contribution in [3.05, 3.63) is 78.0 Å². The highest BCUT2D eigenvalue weighted by molar-refractivity contribution is 5.51. The van der Waals surface area contributed by atoms with Crippen LogP contribution in [0.25, 0.3) is 5.82 Å². The smallest absolute Gasteiger partial charge is 0.306 e. The second-order valence-corrected chi connectivity index (χ2v) is 5.51. The number of benzene rings is 1. The third-order valence-electron chi connectivity index (χ3n) is 3.46.